The molecule has 0 bridgehead atoms. The number of hydrogen-bond acceptors (Lipinski definition) is 2. The molecule has 0 saturated heterocycles. The summed E-state index contributed by atoms with van der Waals surface area (Å²) >= 11 is 0. The molecule has 1 N–H and O–H groups in total. The van der Waals surface area contributed by atoms with E-state index in [1.807, 2.05) is 7.05 Å². The van der Waals surface area contributed by atoms with Gasteiger partial charge >= 0.3 is 0 Å². The van der Waals surface area contributed by atoms with E-state index in [1.165, 1.54) is 18.4 Å². The summed E-state index contributed by atoms with van der Waals surface area (Å²) in [6, 6.07) is 2.14. The minimum absolute atomic E-state index is 0.247. The Kier molecular flexibility index (Phi) is 5.43. The van der Waals surface area contributed by atoms with Gasteiger partial charge in [-0.25, -0.2) is 0 Å². The van der Waals surface area contributed by atoms with E-state index < -0.39 is 0 Å². The Morgan fingerprint density at radius 3 is 2.73 bits per heavy atom. The van der Waals surface area contributed by atoms with E-state index in [0.717, 1.165) is 19.6 Å². The number of hydrogen-bond donors (Lipinski definition) is 1. The average Bonchev–Trinajstić information content (AvgIpc) is 2.61. The second-order valence-electron chi connectivity index (χ2n) is 4.04. The maximum absolute atomic E-state index is 8.97. The lowest BCUT2D eigenvalue weighted by Gasteiger charge is -2.20. The highest BCUT2D eigenvalue weighted by atomic mass is 16.3. The van der Waals surface area contributed by atoms with Crippen molar-refractivity contribution in [1.82, 2.24) is 9.47 Å². The Labute approximate surface area is 92.3 Å². The van der Waals surface area contributed by atoms with Crippen LogP contribution in [0.4, 0.5) is 0 Å². The van der Waals surface area contributed by atoms with Gasteiger partial charge in [0.1, 0.15) is 0 Å². The highest BCUT2D eigenvalue weighted by Gasteiger charge is 2.05. The van der Waals surface area contributed by atoms with Gasteiger partial charge in [-0.3, -0.25) is 4.90 Å². The summed E-state index contributed by atoms with van der Waals surface area (Å²) in [4.78, 5) is 2.30. The van der Waals surface area contributed by atoms with E-state index in [1.54, 1.807) is 0 Å². The minimum atomic E-state index is 0.247. The maximum atomic E-state index is 8.97. The fraction of sp³-hybridized carbons (Fsp3) is 0.667. The quantitative estimate of drug-likeness (QED) is 0.741. The first kappa shape index (κ1) is 12.3. The standard InChI is InChI=1S/C12H22N2O/c1-3-4-6-14(8-9-15)11-12-5-7-13(2)10-12/h5,7,10,15H,3-4,6,8-9,11H2,1-2H3. The van der Waals surface area contributed by atoms with Crippen LogP contribution in [0.15, 0.2) is 18.5 Å². The molecule has 0 aromatic carbocycles. The fourth-order valence-corrected chi connectivity index (χ4v) is 1.71. The van der Waals surface area contributed by atoms with Crippen LogP contribution < -0.4 is 0 Å². The molecular formula is C12H22N2O. The van der Waals surface area contributed by atoms with Crippen molar-refractivity contribution in [2.45, 2.75) is 26.3 Å². The third kappa shape index (κ3) is 4.49. The van der Waals surface area contributed by atoms with Gasteiger partial charge in [-0.1, -0.05) is 13.3 Å². The van der Waals surface area contributed by atoms with Crippen molar-refractivity contribution in [1.29, 1.82) is 0 Å². The van der Waals surface area contributed by atoms with E-state index >= 15 is 0 Å². The number of unbranched alkanes of at least 4 members (excludes halogenated alkanes) is 1. The molecule has 0 atom stereocenters. The molecule has 0 amide bonds. The molecule has 1 aromatic heterocycles. The lowest BCUT2D eigenvalue weighted by Crippen LogP contribution is -2.27. The van der Waals surface area contributed by atoms with Crippen LogP contribution in [-0.2, 0) is 13.6 Å². The molecule has 1 aromatic rings. The van der Waals surface area contributed by atoms with Crippen LogP contribution in [0.2, 0.25) is 0 Å². The number of rotatable bonds is 7. The van der Waals surface area contributed by atoms with Crippen molar-refractivity contribution in [3.8, 4) is 0 Å². The number of aliphatic hydroxyl groups excluding tert-OH is 1. The van der Waals surface area contributed by atoms with Gasteiger partial charge in [-0.15, -0.1) is 0 Å². The monoisotopic (exact) mass is 210 g/mol. The van der Waals surface area contributed by atoms with Gasteiger partial charge in [-0.2, -0.15) is 0 Å². The molecule has 0 spiro atoms. The number of aliphatic hydroxyl groups is 1. The Morgan fingerprint density at radius 2 is 2.20 bits per heavy atom. The first-order valence-electron chi connectivity index (χ1n) is 5.70. The lowest BCUT2D eigenvalue weighted by molar-refractivity contribution is 0.188. The zero-order valence-electron chi connectivity index (χ0n) is 9.82. The summed E-state index contributed by atoms with van der Waals surface area (Å²) in [6.45, 7) is 5.23. The molecule has 0 saturated carbocycles. The highest BCUT2D eigenvalue weighted by Crippen LogP contribution is 2.06. The molecule has 1 rings (SSSR count). The molecule has 0 aliphatic heterocycles. The predicted molar refractivity (Wildman–Crippen MR) is 62.7 cm³/mol. The topological polar surface area (TPSA) is 28.4 Å². The first-order valence-corrected chi connectivity index (χ1v) is 5.70. The van der Waals surface area contributed by atoms with Gasteiger partial charge in [0, 0.05) is 32.5 Å². The van der Waals surface area contributed by atoms with Gasteiger partial charge in [0.15, 0.2) is 0 Å². The van der Waals surface area contributed by atoms with Crippen LogP contribution in [0.3, 0.4) is 0 Å². The van der Waals surface area contributed by atoms with E-state index in [4.69, 9.17) is 5.11 Å². The van der Waals surface area contributed by atoms with Crippen molar-refractivity contribution in [2.24, 2.45) is 7.05 Å². The molecule has 0 unspecified atom stereocenters. The van der Waals surface area contributed by atoms with Crippen molar-refractivity contribution in [3.63, 3.8) is 0 Å². The summed E-state index contributed by atoms with van der Waals surface area (Å²) in [5, 5.41) is 8.97. The molecule has 15 heavy (non-hydrogen) atoms. The normalized spacial score (nSPS) is 11.2. The SMILES string of the molecule is CCCCN(CCO)Cc1ccn(C)c1. The van der Waals surface area contributed by atoms with Crippen LogP contribution in [-0.4, -0.2) is 34.3 Å². The molecule has 3 nitrogen and oxygen atoms in total. The van der Waals surface area contributed by atoms with Gasteiger partial charge in [0.25, 0.3) is 0 Å². The summed E-state index contributed by atoms with van der Waals surface area (Å²) in [5.41, 5.74) is 1.32. The van der Waals surface area contributed by atoms with Crippen molar-refractivity contribution < 1.29 is 5.11 Å². The van der Waals surface area contributed by atoms with Crippen LogP contribution >= 0.6 is 0 Å². The van der Waals surface area contributed by atoms with Crippen LogP contribution in [0.1, 0.15) is 25.3 Å². The minimum Gasteiger partial charge on any atom is -0.395 e. The third-order valence-electron chi connectivity index (χ3n) is 2.54. The summed E-state index contributed by atoms with van der Waals surface area (Å²) in [5.74, 6) is 0. The number of nitrogens with zero attached hydrogens (tertiary/aromatic N) is 2. The molecule has 0 aliphatic rings. The second-order valence-corrected chi connectivity index (χ2v) is 4.04. The van der Waals surface area contributed by atoms with E-state index in [9.17, 15) is 0 Å². The van der Waals surface area contributed by atoms with Gasteiger partial charge in [0.2, 0.25) is 0 Å². The fourth-order valence-electron chi connectivity index (χ4n) is 1.71. The molecule has 1 heterocycles. The van der Waals surface area contributed by atoms with Gasteiger partial charge < -0.3 is 9.67 Å². The summed E-state index contributed by atoms with van der Waals surface area (Å²) in [7, 11) is 2.03. The molecule has 0 fully saturated rings. The molecule has 86 valence electrons. The zero-order chi connectivity index (χ0) is 11.1. The van der Waals surface area contributed by atoms with Gasteiger partial charge in [-0.05, 0) is 24.6 Å². The number of aryl methyl sites for hydroxylation is 1. The third-order valence-corrected chi connectivity index (χ3v) is 2.54. The van der Waals surface area contributed by atoms with E-state index in [2.05, 4.69) is 34.9 Å². The Morgan fingerprint density at radius 1 is 1.40 bits per heavy atom. The smallest absolute Gasteiger partial charge is 0.0558 e. The Hall–Kier alpha value is -0.800. The Balaban J connectivity index is 2.42. The molecule has 3 heteroatoms. The molecule has 0 radical (unpaired) electrons. The highest BCUT2D eigenvalue weighted by molar-refractivity contribution is 5.09. The summed E-state index contributed by atoms with van der Waals surface area (Å²) < 4.78 is 2.06. The van der Waals surface area contributed by atoms with Crippen molar-refractivity contribution in [3.05, 3.63) is 24.0 Å². The van der Waals surface area contributed by atoms with Gasteiger partial charge in [0.05, 0.1) is 6.61 Å². The summed E-state index contributed by atoms with van der Waals surface area (Å²) in [6.07, 6.45) is 6.60. The van der Waals surface area contributed by atoms with Crippen molar-refractivity contribution in [2.75, 3.05) is 19.7 Å². The van der Waals surface area contributed by atoms with Crippen LogP contribution in [0.25, 0.3) is 0 Å². The zero-order valence-corrected chi connectivity index (χ0v) is 9.82. The largest absolute Gasteiger partial charge is 0.395 e. The second kappa shape index (κ2) is 6.64. The predicted octanol–water partition coefficient (Wildman–Crippen LogP) is 1.62. The van der Waals surface area contributed by atoms with E-state index in [-0.39, 0.29) is 6.61 Å². The number of aromatic nitrogens is 1. The molecule has 0 aliphatic carbocycles. The van der Waals surface area contributed by atoms with Crippen LogP contribution in [0, 0.1) is 0 Å². The van der Waals surface area contributed by atoms with E-state index in [0.29, 0.717) is 0 Å². The first-order chi connectivity index (χ1) is 7.26. The van der Waals surface area contributed by atoms with Crippen molar-refractivity contribution >= 4 is 0 Å². The average molecular weight is 210 g/mol. The Bertz CT molecular complexity index is 270. The van der Waals surface area contributed by atoms with Crippen LogP contribution in [0.5, 0.6) is 0 Å². The molecular weight excluding hydrogens is 188 g/mol. The maximum Gasteiger partial charge on any atom is 0.0558 e. The lowest BCUT2D eigenvalue weighted by atomic mass is 10.2.